The van der Waals surface area contributed by atoms with Crippen molar-refractivity contribution in [3.05, 3.63) is 11.8 Å². The molecular weight excluding hydrogens is 204 g/mol. The molecule has 1 unspecified atom stereocenters. The molecule has 16 heavy (non-hydrogen) atoms. The van der Waals surface area contributed by atoms with Crippen LogP contribution in [0, 0.1) is 0 Å². The summed E-state index contributed by atoms with van der Waals surface area (Å²) in [4.78, 5) is 2.36. The van der Waals surface area contributed by atoms with E-state index in [0.717, 1.165) is 37.8 Å². The van der Waals surface area contributed by atoms with Gasteiger partial charge in [-0.1, -0.05) is 13.3 Å². The minimum absolute atomic E-state index is 0.478. The number of hydrogen-bond donors (Lipinski definition) is 1. The third-order valence-electron chi connectivity index (χ3n) is 3.17. The number of hydrogen-bond acceptors (Lipinski definition) is 5. The summed E-state index contributed by atoms with van der Waals surface area (Å²) in [5, 5.41) is 8.03. The van der Waals surface area contributed by atoms with Crippen molar-refractivity contribution in [1.29, 1.82) is 0 Å². The van der Waals surface area contributed by atoms with Crippen LogP contribution in [0.3, 0.4) is 0 Å². The number of piperidine rings is 1. The van der Waals surface area contributed by atoms with E-state index in [0.29, 0.717) is 6.04 Å². The second-order valence-corrected chi connectivity index (χ2v) is 4.30. The Hall–Kier alpha value is -0.940. The van der Waals surface area contributed by atoms with Crippen LogP contribution in [0.15, 0.2) is 4.42 Å². The van der Waals surface area contributed by atoms with Crippen molar-refractivity contribution >= 4 is 0 Å². The van der Waals surface area contributed by atoms with E-state index in [1.54, 1.807) is 0 Å². The molecule has 0 aliphatic carbocycles. The summed E-state index contributed by atoms with van der Waals surface area (Å²) in [5.74, 6) is 1.44. The summed E-state index contributed by atoms with van der Waals surface area (Å²) < 4.78 is 5.52. The highest BCUT2D eigenvalue weighted by atomic mass is 16.4. The number of aryl methyl sites for hydroxylation is 1. The van der Waals surface area contributed by atoms with Gasteiger partial charge >= 0.3 is 0 Å². The van der Waals surface area contributed by atoms with Crippen LogP contribution in [-0.2, 0) is 13.0 Å². The number of likely N-dealkylation sites (tertiary alicyclic amines) is 1. The standard InChI is InChI=1S/C11H20N4O/c1-2-10-13-14-11(16-10)8-15-6-4-3-5-9(15)7-12/h9H,2-8,12H2,1H3. The zero-order chi connectivity index (χ0) is 11.4. The molecule has 2 heterocycles. The van der Waals surface area contributed by atoms with E-state index >= 15 is 0 Å². The van der Waals surface area contributed by atoms with Crippen molar-refractivity contribution in [2.45, 2.75) is 45.2 Å². The number of rotatable bonds is 4. The fraction of sp³-hybridized carbons (Fsp3) is 0.818. The molecule has 1 atom stereocenters. The second kappa shape index (κ2) is 5.41. The maximum Gasteiger partial charge on any atom is 0.230 e. The monoisotopic (exact) mass is 224 g/mol. The summed E-state index contributed by atoms with van der Waals surface area (Å²) in [5.41, 5.74) is 5.77. The Morgan fingerprint density at radius 1 is 1.38 bits per heavy atom. The molecule has 0 radical (unpaired) electrons. The molecule has 0 aromatic carbocycles. The van der Waals surface area contributed by atoms with Crippen LogP contribution in [0.2, 0.25) is 0 Å². The molecule has 0 bridgehead atoms. The van der Waals surface area contributed by atoms with Gasteiger partial charge < -0.3 is 10.2 Å². The fourth-order valence-electron chi connectivity index (χ4n) is 2.20. The van der Waals surface area contributed by atoms with Gasteiger partial charge in [0.25, 0.3) is 0 Å². The van der Waals surface area contributed by atoms with Crippen molar-refractivity contribution in [3.63, 3.8) is 0 Å². The Kier molecular flexibility index (Phi) is 3.90. The number of nitrogens with zero attached hydrogens (tertiary/aromatic N) is 3. The summed E-state index contributed by atoms with van der Waals surface area (Å²) in [7, 11) is 0. The van der Waals surface area contributed by atoms with Gasteiger partial charge in [-0.05, 0) is 19.4 Å². The van der Waals surface area contributed by atoms with Gasteiger partial charge in [-0.15, -0.1) is 10.2 Å². The first-order valence-corrected chi connectivity index (χ1v) is 6.09. The molecule has 2 rings (SSSR count). The van der Waals surface area contributed by atoms with Crippen molar-refractivity contribution in [2.75, 3.05) is 13.1 Å². The van der Waals surface area contributed by atoms with Gasteiger partial charge in [-0.2, -0.15) is 0 Å². The van der Waals surface area contributed by atoms with E-state index in [9.17, 15) is 0 Å². The van der Waals surface area contributed by atoms with Crippen LogP contribution < -0.4 is 5.73 Å². The van der Waals surface area contributed by atoms with Crippen molar-refractivity contribution in [2.24, 2.45) is 5.73 Å². The highest BCUT2D eigenvalue weighted by Crippen LogP contribution is 2.18. The van der Waals surface area contributed by atoms with Gasteiger partial charge in [0, 0.05) is 19.0 Å². The number of aromatic nitrogens is 2. The highest BCUT2D eigenvalue weighted by Gasteiger charge is 2.22. The average Bonchev–Trinajstić information content (AvgIpc) is 2.77. The molecule has 5 nitrogen and oxygen atoms in total. The van der Waals surface area contributed by atoms with Gasteiger partial charge in [-0.25, -0.2) is 0 Å². The second-order valence-electron chi connectivity index (χ2n) is 4.30. The van der Waals surface area contributed by atoms with Crippen LogP contribution >= 0.6 is 0 Å². The van der Waals surface area contributed by atoms with Crippen molar-refractivity contribution in [1.82, 2.24) is 15.1 Å². The molecule has 1 aromatic heterocycles. The molecule has 1 aromatic rings. The predicted octanol–water partition coefficient (Wildman–Crippen LogP) is 0.945. The van der Waals surface area contributed by atoms with E-state index in [1.165, 1.54) is 19.3 Å². The molecule has 1 fully saturated rings. The molecule has 5 heteroatoms. The van der Waals surface area contributed by atoms with Gasteiger partial charge in [0.1, 0.15) is 0 Å². The maximum atomic E-state index is 5.77. The molecule has 90 valence electrons. The predicted molar refractivity (Wildman–Crippen MR) is 60.8 cm³/mol. The summed E-state index contributed by atoms with van der Waals surface area (Å²) in [6, 6.07) is 0.478. The third kappa shape index (κ3) is 2.59. The molecule has 1 saturated heterocycles. The first kappa shape index (κ1) is 11.5. The molecule has 2 N–H and O–H groups in total. The Bertz CT molecular complexity index is 326. The SMILES string of the molecule is CCc1nnc(CN2CCCCC2CN)o1. The quantitative estimate of drug-likeness (QED) is 0.824. The van der Waals surface area contributed by atoms with Crippen molar-refractivity contribution < 1.29 is 4.42 Å². The number of nitrogens with two attached hydrogens (primary N) is 1. The van der Waals surface area contributed by atoms with E-state index in [2.05, 4.69) is 15.1 Å². The van der Waals surface area contributed by atoms with E-state index in [-0.39, 0.29) is 0 Å². The molecule has 0 saturated carbocycles. The minimum atomic E-state index is 0.478. The molecule has 1 aliphatic heterocycles. The molecular formula is C11H20N4O. The lowest BCUT2D eigenvalue weighted by Crippen LogP contribution is -2.43. The van der Waals surface area contributed by atoms with Gasteiger partial charge in [0.05, 0.1) is 6.54 Å². The zero-order valence-corrected chi connectivity index (χ0v) is 9.85. The largest absolute Gasteiger partial charge is 0.424 e. The lowest BCUT2D eigenvalue weighted by atomic mass is 10.0. The average molecular weight is 224 g/mol. The Labute approximate surface area is 96.0 Å². The molecule has 1 aliphatic rings. The zero-order valence-electron chi connectivity index (χ0n) is 9.85. The normalized spacial score (nSPS) is 22.5. The van der Waals surface area contributed by atoms with Gasteiger partial charge in [0.15, 0.2) is 0 Å². The Morgan fingerprint density at radius 2 is 2.19 bits per heavy atom. The van der Waals surface area contributed by atoms with Gasteiger partial charge in [-0.3, -0.25) is 4.90 Å². The van der Waals surface area contributed by atoms with E-state index in [4.69, 9.17) is 10.2 Å². The summed E-state index contributed by atoms with van der Waals surface area (Å²) in [6.07, 6.45) is 4.51. The van der Waals surface area contributed by atoms with Crippen LogP contribution in [-0.4, -0.2) is 34.2 Å². The van der Waals surface area contributed by atoms with Gasteiger partial charge in [0.2, 0.25) is 11.8 Å². The van der Waals surface area contributed by atoms with E-state index in [1.807, 2.05) is 6.92 Å². The van der Waals surface area contributed by atoms with E-state index < -0.39 is 0 Å². The topological polar surface area (TPSA) is 68.2 Å². The van der Waals surface area contributed by atoms with Crippen molar-refractivity contribution in [3.8, 4) is 0 Å². The lowest BCUT2D eigenvalue weighted by Gasteiger charge is -2.33. The highest BCUT2D eigenvalue weighted by molar-refractivity contribution is 4.85. The Morgan fingerprint density at radius 3 is 2.88 bits per heavy atom. The summed E-state index contributed by atoms with van der Waals surface area (Å²) >= 11 is 0. The molecule has 0 amide bonds. The first-order chi connectivity index (χ1) is 7.83. The third-order valence-corrected chi connectivity index (χ3v) is 3.17. The van der Waals surface area contributed by atoms with Crippen LogP contribution in [0.25, 0.3) is 0 Å². The lowest BCUT2D eigenvalue weighted by molar-refractivity contribution is 0.131. The van der Waals surface area contributed by atoms with Crippen LogP contribution in [0.5, 0.6) is 0 Å². The van der Waals surface area contributed by atoms with Crippen LogP contribution in [0.4, 0.5) is 0 Å². The Balaban J connectivity index is 1.96. The first-order valence-electron chi connectivity index (χ1n) is 6.09. The minimum Gasteiger partial charge on any atom is -0.424 e. The molecule has 0 spiro atoms. The smallest absolute Gasteiger partial charge is 0.230 e. The fourth-order valence-corrected chi connectivity index (χ4v) is 2.20. The van der Waals surface area contributed by atoms with Crippen LogP contribution in [0.1, 0.15) is 38.0 Å². The maximum absolute atomic E-state index is 5.77. The summed E-state index contributed by atoms with van der Waals surface area (Å²) in [6.45, 7) is 4.57.